The quantitative estimate of drug-likeness (QED) is 0.874. The highest BCUT2D eigenvalue weighted by Gasteiger charge is 2.22. The highest BCUT2D eigenvalue weighted by atomic mass is 35.5. The lowest BCUT2D eigenvalue weighted by Crippen LogP contribution is -2.26. The summed E-state index contributed by atoms with van der Waals surface area (Å²) in [7, 11) is 0. The van der Waals surface area contributed by atoms with Gasteiger partial charge < -0.3 is 10.1 Å². The molecule has 19 heavy (non-hydrogen) atoms. The summed E-state index contributed by atoms with van der Waals surface area (Å²) in [5.74, 6) is 0.464. The Morgan fingerprint density at radius 2 is 2.32 bits per heavy atom. The lowest BCUT2D eigenvalue weighted by Gasteiger charge is -2.26. The Morgan fingerprint density at radius 1 is 1.47 bits per heavy atom. The third kappa shape index (κ3) is 3.48. The Bertz CT molecular complexity index is 461. The third-order valence-corrected chi connectivity index (χ3v) is 3.54. The zero-order valence-corrected chi connectivity index (χ0v) is 11.8. The van der Waals surface area contributed by atoms with E-state index in [1.165, 1.54) is 6.07 Å². The number of hydrogen-bond donors (Lipinski definition) is 1. The van der Waals surface area contributed by atoms with Gasteiger partial charge in [0.15, 0.2) is 0 Å². The van der Waals surface area contributed by atoms with Crippen molar-refractivity contribution in [2.75, 3.05) is 13.2 Å². The van der Waals surface area contributed by atoms with Crippen molar-refractivity contribution < 1.29 is 9.13 Å². The average molecular weight is 284 g/mol. The topological polar surface area (TPSA) is 21.3 Å². The van der Waals surface area contributed by atoms with Crippen LogP contribution < -0.4 is 5.32 Å². The molecular weight excluding hydrogens is 265 g/mol. The summed E-state index contributed by atoms with van der Waals surface area (Å²) >= 11 is 6.09. The van der Waals surface area contributed by atoms with Gasteiger partial charge in [-0.2, -0.15) is 0 Å². The molecule has 0 aliphatic carbocycles. The first kappa shape index (κ1) is 14.4. The number of halogens is 2. The van der Waals surface area contributed by atoms with Crippen LogP contribution in [0.2, 0.25) is 5.02 Å². The monoisotopic (exact) mass is 283 g/mol. The molecule has 0 radical (unpaired) electrons. The fourth-order valence-electron chi connectivity index (χ4n) is 2.17. The van der Waals surface area contributed by atoms with Gasteiger partial charge in [0.25, 0.3) is 0 Å². The Labute approximate surface area is 118 Å². The van der Waals surface area contributed by atoms with Crippen molar-refractivity contribution in [2.24, 2.45) is 0 Å². The number of benzene rings is 1. The van der Waals surface area contributed by atoms with Crippen molar-refractivity contribution in [3.05, 3.63) is 46.4 Å². The molecule has 0 fully saturated rings. The summed E-state index contributed by atoms with van der Waals surface area (Å²) < 4.78 is 19.3. The Balaban J connectivity index is 2.30. The predicted octanol–water partition coefficient (Wildman–Crippen LogP) is 4.21. The molecule has 1 unspecified atom stereocenters. The number of rotatable bonds is 5. The van der Waals surface area contributed by atoms with Gasteiger partial charge in [0.05, 0.1) is 17.7 Å². The molecule has 104 valence electrons. The van der Waals surface area contributed by atoms with Crippen LogP contribution >= 0.6 is 11.6 Å². The van der Waals surface area contributed by atoms with Crippen LogP contribution in [-0.4, -0.2) is 13.2 Å². The Hall–Kier alpha value is -1.06. The molecule has 0 amide bonds. The molecule has 0 saturated heterocycles. The molecule has 0 aromatic heterocycles. The summed E-state index contributed by atoms with van der Waals surface area (Å²) in [5, 5.41) is 3.55. The van der Waals surface area contributed by atoms with Crippen molar-refractivity contribution in [3.63, 3.8) is 0 Å². The molecule has 0 spiro atoms. The van der Waals surface area contributed by atoms with E-state index >= 15 is 0 Å². The van der Waals surface area contributed by atoms with E-state index in [4.69, 9.17) is 16.3 Å². The van der Waals surface area contributed by atoms with E-state index < -0.39 is 0 Å². The highest BCUT2D eigenvalue weighted by Crippen LogP contribution is 2.32. The summed E-state index contributed by atoms with van der Waals surface area (Å²) in [6.45, 7) is 3.63. The molecule has 1 aromatic rings. The van der Waals surface area contributed by atoms with E-state index in [1.807, 2.05) is 6.07 Å². The molecular formula is C15H19ClFNO. The molecule has 2 nitrogen and oxygen atoms in total. The van der Waals surface area contributed by atoms with Crippen molar-refractivity contribution in [3.8, 4) is 0 Å². The van der Waals surface area contributed by atoms with Gasteiger partial charge in [-0.1, -0.05) is 30.7 Å². The summed E-state index contributed by atoms with van der Waals surface area (Å²) in [4.78, 5) is 0. The van der Waals surface area contributed by atoms with Crippen LogP contribution in [0.3, 0.4) is 0 Å². The second-order valence-corrected chi connectivity index (χ2v) is 5.01. The van der Waals surface area contributed by atoms with E-state index in [9.17, 15) is 4.39 Å². The molecule has 1 N–H and O–H groups in total. The minimum atomic E-state index is -0.390. The molecule has 4 heteroatoms. The molecule has 1 atom stereocenters. The number of ether oxygens (including phenoxy) is 1. The molecule has 0 saturated carbocycles. The van der Waals surface area contributed by atoms with E-state index in [2.05, 4.69) is 18.3 Å². The van der Waals surface area contributed by atoms with Gasteiger partial charge in [0, 0.05) is 0 Å². The molecule has 2 rings (SSSR count). The zero-order valence-electron chi connectivity index (χ0n) is 11.1. The predicted molar refractivity (Wildman–Crippen MR) is 75.7 cm³/mol. The van der Waals surface area contributed by atoms with Gasteiger partial charge in [-0.25, -0.2) is 4.39 Å². The fourth-order valence-corrected chi connectivity index (χ4v) is 2.41. The lowest BCUT2D eigenvalue weighted by molar-refractivity contribution is 0.167. The lowest BCUT2D eigenvalue weighted by atomic mass is 10.0. The van der Waals surface area contributed by atoms with Crippen molar-refractivity contribution >= 4 is 11.6 Å². The van der Waals surface area contributed by atoms with Crippen LogP contribution in [0.15, 0.2) is 30.0 Å². The first-order valence-corrected chi connectivity index (χ1v) is 7.12. The summed E-state index contributed by atoms with van der Waals surface area (Å²) in [6, 6.07) is 4.74. The van der Waals surface area contributed by atoms with Gasteiger partial charge in [-0.05, 0) is 43.5 Å². The van der Waals surface area contributed by atoms with Crippen LogP contribution in [0.25, 0.3) is 0 Å². The SMILES string of the molecule is CCCNC(C1=CCCCO1)c1cccc(F)c1Cl. The maximum absolute atomic E-state index is 13.6. The van der Waals surface area contributed by atoms with Crippen LogP contribution in [0.1, 0.15) is 37.8 Å². The van der Waals surface area contributed by atoms with Crippen LogP contribution in [0.4, 0.5) is 4.39 Å². The molecule has 1 heterocycles. The average Bonchev–Trinajstić information content (AvgIpc) is 2.45. The number of nitrogens with one attached hydrogen (secondary N) is 1. The molecule has 1 aromatic carbocycles. The summed E-state index contributed by atoms with van der Waals surface area (Å²) in [5.41, 5.74) is 0.739. The van der Waals surface area contributed by atoms with Crippen molar-refractivity contribution in [2.45, 2.75) is 32.2 Å². The first-order valence-electron chi connectivity index (χ1n) is 6.74. The van der Waals surface area contributed by atoms with E-state index in [1.54, 1.807) is 6.07 Å². The van der Waals surface area contributed by atoms with Crippen LogP contribution in [0, 0.1) is 5.82 Å². The molecule has 1 aliphatic heterocycles. The largest absolute Gasteiger partial charge is 0.496 e. The van der Waals surface area contributed by atoms with Crippen molar-refractivity contribution in [1.29, 1.82) is 0 Å². The fraction of sp³-hybridized carbons (Fsp3) is 0.467. The van der Waals surface area contributed by atoms with Gasteiger partial charge >= 0.3 is 0 Å². The highest BCUT2D eigenvalue weighted by molar-refractivity contribution is 6.31. The Kier molecular flexibility index (Phi) is 5.23. The maximum Gasteiger partial charge on any atom is 0.142 e. The smallest absolute Gasteiger partial charge is 0.142 e. The third-order valence-electron chi connectivity index (χ3n) is 3.14. The van der Waals surface area contributed by atoms with Gasteiger partial charge in [0.2, 0.25) is 0 Å². The maximum atomic E-state index is 13.6. The van der Waals surface area contributed by atoms with Crippen molar-refractivity contribution in [1.82, 2.24) is 5.32 Å². The van der Waals surface area contributed by atoms with Crippen LogP contribution in [0.5, 0.6) is 0 Å². The second-order valence-electron chi connectivity index (χ2n) is 4.63. The minimum absolute atomic E-state index is 0.163. The number of allylic oxidation sites excluding steroid dienone is 1. The number of hydrogen-bond acceptors (Lipinski definition) is 2. The standard InChI is InChI=1S/C15H19ClFNO/c1-2-9-18-15(13-8-3-4-10-19-13)11-6-5-7-12(17)14(11)16/h5-8,15,18H,2-4,9-10H2,1H3. The summed E-state index contributed by atoms with van der Waals surface area (Å²) in [6.07, 6.45) is 5.09. The Morgan fingerprint density at radius 3 is 3.00 bits per heavy atom. The molecule has 0 bridgehead atoms. The van der Waals surface area contributed by atoms with E-state index in [0.717, 1.165) is 37.1 Å². The van der Waals surface area contributed by atoms with E-state index in [-0.39, 0.29) is 16.9 Å². The van der Waals surface area contributed by atoms with Crippen LogP contribution in [-0.2, 0) is 4.74 Å². The van der Waals surface area contributed by atoms with Gasteiger partial charge in [-0.15, -0.1) is 0 Å². The first-order chi connectivity index (χ1) is 9.24. The van der Waals surface area contributed by atoms with Gasteiger partial charge in [0.1, 0.15) is 11.6 Å². The second kappa shape index (κ2) is 6.92. The van der Waals surface area contributed by atoms with E-state index in [0.29, 0.717) is 6.61 Å². The molecule has 1 aliphatic rings. The normalized spacial score (nSPS) is 16.7. The zero-order chi connectivity index (χ0) is 13.7. The minimum Gasteiger partial charge on any atom is -0.496 e. The van der Waals surface area contributed by atoms with Gasteiger partial charge in [-0.3, -0.25) is 0 Å².